The number of carbonyl (C=O) groups excluding carboxylic acids is 3. The van der Waals surface area contributed by atoms with Gasteiger partial charge in [0.15, 0.2) is 5.78 Å². The maximum Gasteiger partial charge on any atom is 0.252 e. The van der Waals surface area contributed by atoms with E-state index in [1.54, 1.807) is 53.4 Å². The Labute approximate surface area is 161 Å². The fourth-order valence-corrected chi connectivity index (χ4v) is 2.84. The molecule has 0 aliphatic carbocycles. The molecule has 136 valence electrons. The number of nitrogens with zero attached hydrogens (tertiary/aromatic N) is 1. The third-order valence-electron chi connectivity index (χ3n) is 4.04. The van der Waals surface area contributed by atoms with Crippen molar-refractivity contribution in [1.82, 2.24) is 10.2 Å². The smallest absolute Gasteiger partial charge is 0.252 e. The van der Waals surface area contributed by atoms with Crippen LogP contribution in [0.2, 0.25) is 0 Å². The number of hydrogen-bond acceptors (Lipinski definition) is 3. The lowest BCUT2D eigenvalue weighted by Gasteiger charge is -2.19. The molecule has 0 aromatic heterocycles. The largest absolute Gasteiger partial charge is 0.343 e. The van der Waals surface area contributed by atoms with E-state index in [9.17, 15) is 14.4 Å². The normalized spacial score (nSPS) is 10.3. The lowest BCUT2D eigenvalue weighted by molar-refractivity contribution is -0.129. The average molecular weight is 417 g/mol. The van der Waals surface area contributed by atoms with E-state index >= 15 is 0 Å². The molecule has 0 saturated carbocycles. The van der Waals surface area contributed by atoms with E-state index in [2.05, 4.69) is 21.2 Å². The second-order valence-corrected chi connectivity index (χ2v) is 6.55. The van der Waals surface area contributed by atoms with Crippen molar-refractivity contribution in [2.24, 2.45) is 0 Å². The molecule has 1 N–H and O–H groups in total. The Balaban J connectivity index is 2.17. The third kappa shape index (κ3) is 4.79. The Hall–Kier alpha value is -2.47. The first-order valence-corrected chi connectivity index (χ1v) is 9.22. The van der Waals surface area contributed by atoms with Gasteiger partial charge in [-0.2, -0.15) is 0 Å². The van der Waals surface area contributed by atoms with Crippen molar-refractivity contribution in [3.8, 4) is 0 Å². The summed E-state index contributed by atoms with van der Waals surface area (Å²) in [5.74, 6) is -0.829. The van der Waals surface area contributed by atoms with Crippen molar-refractivity contribution >= 4 is 33.5 Å². The monoisotopic (exact) mass is 416 g/mol. The summed E-state index contributed by atoms with van der Waals surface area (Å²) in [4.78, 5) is 39.0. The molecule has 2 amide bonds. The van der Waals surface area contributed by atoms with Gasteiger partial charge in [-0.3, -0.25) is 14.4 Å². The molecule has 0 unspecified atom stereocenters. The maximum atomic E-state index is 12.8. The summed E-state index contributed by atoms with van der Waals surface area (Å²) in [6, 6.07) is 13.6. The predicted molar refractivity (Wildman–Crippen MR) is 104 cm³/mol. The van der Waals surface area contributed by atoms with Crippen molar-refractivity contribution < 1.29 is 14.4 Å². The molecular formula is C20H21BrN2O3. The Morgan fingerprint density at radius 2 is 1.50 bits per heavy atom. The quantitative estimate of drug-likeness (QED) is 0.704. The summed E-state index contributed by atoms with van der Waals surface area (Å²) in [6.45, 7) is 4.85. The van der Waals surface area contributed by atoms with Crippen molar-refractivity contribution in [2.75, 3.05) is 19.6 Å². The van der Waals surface area contributed by atoms with Crippen LogP contribution in [0.1, 0.15) is 40.1 Å². The van der Waals surface area contributed by atoms with Gasteiger partial charge >= 0.3 is 0 Å². The van der Waals surface area contributed by atoms with Crippen molar-refractivity contribution in [3.63, 3.8) is 0 Å². The van der Waals surface area contributed by atoms with Crippen LogP contribution in [0.4, 0.5) is 0 Å². The molecule has 0 spiro atoms. The topological polar surface area (TPSA) is 66.5 Å². The molecular weight excluding hydrogens is 396 g/mol. The van der Waals surface area contributed by atoms with E-state index in [1.807, 2.05) is 13.8 Å². The summed E-state index contributed by atoms with van der Waals surface area (Å²) in [6.07, 6.45) is 0. The van der Waals surface area contributed by atoms with Crippen LogP contribution in [0, 0.1) is 0 Å². The summed E-state index contributed by atoms with van der Waals surface area (Å²) in [5.41, 5.74) is 1.06. The van der Waals surface area contributed by atoms with Crippen molar-refractivity contribution in [1.29, 1.82) is 0 Å². The minimum atomic E-state index is -0.438. The number of rotatable bonds is 7. The van der Waals surface area contributed by atoms with Gasteiger partial charge in [-0.15, -0.1) is 0 Å². The molecule has 0 radical (unpaired) electrons. The highest BCUT2D eigenvalue weighted by Crippen LogP contribution is 2.17. The first-order chi connectivity index (χ1) is 12.5. The SMILES string of the molecule is CCN(CC)C(=O)CNC(=O)c1ccccc1C(=O)c1ccc(Br)cc1. The zero-order chi connectivity index (χ0) is 19.1. The average Bonchev–Trinajstić information content (AvgIpc) is 2.67. The third-order valence-corrected chi connectivity index (χ3v) is 4.57. The molecule has 2 rings (SSSR count). The summed E-state index contributed by atoms with van der Waals surface area (Å²) >= 11 is 3.33. The van der Waals surface area contributed by atoms with E-state index in [1.165, 1.54) is 0 Å². The zero-order valence-electron chi connectivity index (χ0n) is 14.8. The number of amides is 2. The highest BCUT2D eigenvalue weighted by molar-refractivity contribution is 9.10. The molecule has 5 nitrogen and oxygen atoms in total. The highest BCUT2D eigenvalue weighted by Gasteiger charge is 2.19. The van der Waals surface area contributed by atoms with Crippen molar-refractivity contribution in [3.05, 3.63) is 69.7 Å². The molecule has 2 aromatic rings. The van der Waals surface area contributed by atoms with E-state index in [0.717, 1.165) is 4.47 Å². The fraction of sp³-hybridized carbons (Fsp3) is 0.250. The van der Waals surface area contributed by atoms with E-state index in [0.29, 0.717) is 24.2 Å². The molecule has 0 atom stereocenters. The molecule has 0 saturated heterocycles. The highest BCUT2D eigenvalue weighted by atomic mass is 79.9. The van der Waals surface area contributed by atoms with Crippen LogP contribution in [0.15, 0.2) is 53.0 Å². The van der Waals surface area contributed by atoms with Crippen LogP contribution in [0.5, 0.6) is 0 Å². The van der Waals surface area contributed by atoms with Gasteiger partial charge in [0.05, 0.1) is 12.1 Å². The number of hydrogen-bond donors (Lipinski definition) is 1. The molecule has 26 heavy (non-hydrogen) atoms. The van der Waals surface area contributed by atoms with Gasteiger partial charge in [0.2, 0.25) is 5.91 Å². The Bertz CT molecular complexity index is 799. The number of benzene rings is 2. The fourth-order valence-electron chi connectivity index (χ4n) is 2.58. The molecule has 0 heterocycles. The maximum absolute atomic E-state index is 12.8. The zero-order valence-corrected chi connectivity index (χ0v) is 16.4. The Kier molecular flexibility index (Phi) is 7.09. The summed E-state index contributed by atoms with van der Waals surface area (Å²) in [7, 11) is 0. The lowest BCUT2D eigenvalue weighted by atomic mass is 9.98. The number of nitrogens with one attached hydrogen (secondary N) is 1. The summed E-state index contributed by atoms with van der Waals surface area (Å²) in [5, 5.41) is 2.61. The van der Waals surface area contributed by atoms with Crippen LogP contribution in [0.3, 0.4) is 0 Å². The Morgan fingerprint density at radius 1 is 0.923 bits per heavy atom. The molecule has 0 bridgehead atoms. The van der Waals surface area contributed by atoms with Crippen LogP contribution in [0.25, 0.3) is 0 Å². The molecule has 0 fully saturated rings. The van der Waals surface area contributed by atoms with E-state index in [-0.39, 0.29) is 23.8 Å². The Morgan fingerprint density at radius 3 is 2.08 bits per heavy atom. The predicted octanol–water partition coefficient (Wildman–Crippen LogP) is 3.28. The van der Waals surface area contributed by atoms with E-state index < -0.39 is 5.91 Å². The van der Waals surface area contributed by atoms with Gasteiger partial charge in [-0.05, 0) is 44.2 Å². The second kappa shape index (κ2) is 9.29. The molecule has 0 aliphatic heterocycles. The van der Waals surface area contributed by atoms with Crippen LogP contribution in [-0.2, 0) is 4.79 Å². The summed E-state index contributed by atoms with van der Waals surface area (Å²) < 4.78 is 0.870. The lowest BCUT2D eigenvalue weighted by Crippen LogP contribution is -2.40. The van der Waals surface area contributed by atoms with Gasteiger partial charge in [-0.25, -0.2) is 0 Å². The minimum absolute atomic E-state index is 0.0959. The number of halogens is 1. The molecule has 6 heteroatoms. The molecule has 0 aliphatic rings. The first-order valence-electron chi connectivity index (χ1n) is 8.43. The van der Waals surface area contributed by atoms with Gasteiger partial charge in [0, 0.05) is 28.7 Å². The number of ketones is 1. The van der Waals surface area contributed by atoms with Gasteiger partial charge in [-0.1, -0.05) is 34.1 Å². The van der Waals surface area contributed by atoms with Gasteiger partial charge < -0.3 is 10.2 Å². The van der Waals surface area contributed by atoms with Gasteiger partial charge in [0.25, 0.3) is 5.91 Å². The number of likely N-dealkylation sites (N-methyl/N-ethyl adjacent to an activating group) is 1. The number of carbonyl (C=O) groups is 3. The molecule has 2 aromatic carbocycles. The van der Waals surface area contributed by atoms with E-state index in [4.69, 9.17) is 0 Å². The minimum Gasteiger partial charge on any atom is -0.343 e. The van der Waals surface area contributed by atoms with Crippen LogP contribution in [-0.4, -0.2) is 42.1 Å². The van der Waals surface area contributed by atoms with Gasteiger partial charge in [0.1, 0.15) is 0 Å². The van der Waals surface area contributed by atoms with Crippen LogP contribution >= 0.6 is 15.9 Å². The standard InChI is InChI=1S/C20H21BrN2O3/c1-3-23(4-2)18(24)13-22-20(26)17-8-6-5-7-16(17)19(25)14-9-11-15(21)12-10-14/h5-12H,3-4,13H2,1-2H3,(H,22,26). The van der Waals surface area contributed by atoms with Crippen LogP contribution < -0.4 is 5.32 Å². The van der Waals surface area contributed by atoms with Crippen molar-refractivity contribution in [2.45, 2.75) is 13.8 Å². The first kappa shape index (κ1) is 19.8. The second-order valence-electron chi connectivity index (χ2n) is 5.63.